The maximum atomic E-state index is 9.55. The summed E-state index contributed by atoms with van der Waals surface area (Å²) in [5.41, 5.74) is 4.17. The van der Waals surface area contributed by atoms with Crippen LogP contribution in [0.2, 0.25) is 0 Å². The molecule has 0 radical (unpaired) electrons. The molecule has 2 aliphatic rings. The van der Waals surface area contributed by atoms with E-state index in [1.54, 1.807) is 6.33 Å². The number of aliphatic carboxylic acids is 2. The van der Waals surface area contributed by atoms with E-state index in [9.17, 15) is 9.59 Å². The van der Waals surface area contributed by atoms with E-state index in [2.05, 4.69) is 41.2 Å². The summed E-state index contributed by atoms with van der Waals surface area (Å²) < 4.78 is 6.06. The van der Waals surface area contributed by atoms with Crippen molar-refractivity contribution < 1.29 is 24.5 Å². The lowest BCUT2D eigenvalue weighted by Gasteiger charge is -2.23. The number of carbonyl (C=O) groups is 2. The number of benzene rings is 1. The van der Waals surface area contributed by atoms with Gasteiger partial charge in [-0.1, -0.05) is 24.3 Å². The third-order valence-electron chi connectivity index (χ3n) is 4.83. The van der Waals surface area contributed by atoms with E-state index in [0.717, 1.165) is 6.61 Å². The minimum Gasteiger partial charge on any atom is -0.478 e. The van der Waals surface area contributed by atoms with Crippen LogP contribution in [0.1, 0.15) is 42.2 Å². The molecule has 3 atom stereocenters. The van der Waals surface area contributed by atoms with Crippen molar-refractivity contribution in [2.45, 2.75) is 30.8 Å². The number of fused-ring (bicyclic) bond motifs is 3. The first-order chi connectivity index (χ1) is 12.5. The van der Waals surface area contributed by atoms with Gasteiger partial charge in [0.05, 0.1) is 12.4 Å². The first kappa shape index (κ1) is 17.9. The number of aromatic nitrogens is 2. The van der Waals surface area contributed by atoms with Gasteiger partial charge in [0.25, 0.3) is 0 Å². The number of carboxylic acid groups (broad SMARTS) is 2. The van der Waals surface area contributed by atoms with Crippen LogP contribution in [0.3, 0.4) is 0 Å². The SMILES string of the molecule is CCO[C@H]1c2ccccc2[C@H]2C[C@]21c1cnc[nH]1.O=C(O)/C=C/C(=O)O. The van der Waals surface area contributed by atoms with E-state index in [-0.39, 0.29) is 11.5 Å². The number of nitrogens with zero attached hydrogens (tertiary/aromatic N) is 1. The van der Waals surface area contributed by atoms with Gasteiger partial charge in [0.2, 0.25) is 0 Å². The van der Waals surface area contributed by atoms with Crippen molar-refractivity contribution in [3.8, 4) is 0 Å². The molecular formula is C19H20N2O5. The smallest absolute Gasteiger partial charge is 0.328 e. The van der Waals surface area contributed by atoms with Gasteiger partial charge >= 0.3 is 11.9 Å². The molecule has 0 amide bonds. The van der Waals surface area contributed by atoms with Gasteiger partial charge in [0.1, 0.15) is 0 Å². The van der Waals surface area contributed by atoms with Crippen molar-refractivity contribution in [1.29, 1.82) is 0 Å². The highest BCUT2D eigenvalue weighted by molar-refractivity contribution is 5.89. The first-order valence-corrected chi connectivity index (χ1v) is 8.34. The highest BCUT2D eigenvalue weighted by Crippen LogP contribution is 2.72. The Hall–Kier alpha value is -2.93. The standard InChI is InChI=1S/C15H16N2O.C4H4O4/c1-2-18-14-11-6-4-3-5-10(11)12-7-15(12,14)13-8-16-9-17-13;5-3(6)1-2-4(7)8/h3-6,8-9,12,14H,2,7H2,1H3,(H,16,17);1-2H,(H,5,6)(H,7,8)/b;2-1+/t12-,14+,15-;/m1./s1. The van der Waals surface area contributed by atoms with Crippen LogP contribution in [0.4, 0.5) is 0 Å². The molecule has 1 saturated carbocycles. The van der Waals surface area contributed by atoms with Crippen LogP contribution in [-0.4, -0.2) is 38.7 Å². The number of imidazole rings is 1. The van der Waals surface area contributed by atoms with Gasteiger partial charge in [-0.2, -0.15) is 0 Å². The van der Waals surface area contributed by atoms with Gasteiger partial charge < -0.3 is 19.9 Å². The van der Waals surface area contributed by atoms with Crippen LogP contribution in [0.15, 0.2) is 48.9 Å². The van der Waals surface area contributed by atoms with Crippen LogP contribution in [0.5, 0.6) is 0 Å². The molecule has 7 heteroatoms. The summed E-state index contributed by atoms with van der Waals surface area (Å²) in [4.78, 5) is 26.6. The van der Waals surface area contributed by atoms with Gasteiger partial charge in [-0.3, -0.25) is 0 Å². The number of H-pyrrole nitrogens is 1. The van der Waals surface area contributed by atoms with Gasteiger partial charge in [0.15, 0.2) is 0 Å². The summed E-state index contributed by atoms with van der Waals surface area (Å²) in [5, 5.41) is 15.6. The summed E-state index contributed by atoms with van der Waals surface area (Å²) >= 11 is 0. The lowest BCUT2D eigenvalue weighted by Crippen LogP contribution is -2.19. The molecule has 1 aromatic heterocycles. The van der Waals surface area contributed by atoms with Crippen LogP contribution < -0.4 is 0 Å². The van der Waals surface area contributed by atoms with E-state index in [1.807, 2.05) is 6.20 Å². The maximum Gasteiger partial charge on any atom is 0.328 e. The lowest BCUT2D eigenvalue weighted by molar-refractivity contribution is -0.134. The highest BCUT2D eigenvalue weighted by atomic mass is 16.5. The minimum absolute atomic E-state index is 0.121. The number of hydrogen-bond donors (Lipinski definition) is 3. The molecule has 0 unspecified atom stereocenters. The molecule has 2 aromatic rings. The predicted octanol–water partition coefficient (Wildman–Crippen LogP) is 2.64. The molecule has 1 heterocycles. The lowest BCUT2D eigenvalue weighted by atomic mass is 9.94. The Morgan fingerprint density at radius 2 is 1.92 bits per heavy atom. The van der Waals surface area contributed by atoms with E-state index in [0.29, 0.717) is 18.1 Å². The number of nitrogens with one attached hydrogen (secondary N) is 1. The number of aromatic amines is 1. The Balaban J connectivity index is 0.000000211. The van der Waals surface area contributed by atoms with Crippen molar-refractivity contribution in [3.05, 3.63) is 65.8 Å². The molecule has 7 nitrogen and oxygen atoms in total. The zero-order valence-corrected chi connectivity index (χ0v) is 14.3. The second-order valence-corrected chi connectivity index (χ2v) is 6.24. The van der Waals surface area contributed by atoms with Crippen LogP contribution in [0.25, 0.3) is 0 Å². The maximum absolute atomic E-state index is 9.55. The molecule has 1 fully saturated rings. The molecule has 0 bridgehead atoms. The summed E-state index contributed by atoms with van der Waals surface area (Å²) in [6, 6.07) is 8.69. The third kappa shape index (κ3) is 3.13. The Morgan fingerprint density at radius 1 is 1.27 bits per heavy atom. The van der Waals surface area contributed by atoms with E-state index >= 15 is 0 Å². The van der Waals surface area contributed by atoms with Gasteiger partial charge in [-0.25, -0.2) is 14.6 Å². The average molecular weight is 356 g/mol. The van der Waals surface area contributed by atoms with Crippen LogP contribution in [0, 0.1) is 0 Å². The largest absolute Gasteiger partial charge is 0.478 e. The zero-order valence-electron chi connectivity index (χ0n) is 14.3. The highest BCUT2D eigenvalue weighted by Gasteiger charge is 2.67. The molecule has 3 N–H and O–H groups in total. The topological polar surface area (TPSA) is 113 Å². The molecule has 26 heavy (non-hydrogen) atoms. The molecule has 0 spiro atoms. The Bertz CT molecular complexity index is 814. The molecule has 1 aromatic carbocycles. The van der Waals surface area contributed by atoms with Crippen molar-refractivity contribution in [2.75, 3.05) is 6.61 Å². The van der Waals surface area contributed by atoms with Crippen molar-refractivity contribution >= 4 is 11.9 Å². The zero-order chi connectivity index (χ0) is 18.7. The Labute approximate surface area is 150 Å². The number of ether oxygens (including phenoxy) is 1. The fourth-order valence-corrected chi connectivity index (χ4v) is 3.80. The monoisotopic (exact) mass is 356 g/mol. The molecule has 4 rings (SSSR count). The Kier molecular flexibility index (Phi) is 4.90. The average Bonchev–Trinajstić information content (AvgIpc) is 3.00. The summed E-state index contributed by atoms with van der Waals surface area (Å²) in [6.45, 7) is 2.82. The summed E-state index contributed by atoms with van der Waals surface area (Å²) in [7, 11) is 0. The Morgan fingerprint density at radius 3 is 2.46 bits per heavy atom. The van der Waals surface area contributed by atoms with Crippen molar-refractivity contribution in [1.82, 2.24) is 9.97 Å². The number of carboxylic acids is 2. The summed E-state index contributed by atoms with van der Waals surface area (Å²) in [5.74, 6) is -1.91. The minimum atomic E-state index is -1.26. The first-order valence-electron chi connectivity index (χ1n) is 8.34. The predicted molar refractivity (Wildman–Crippen MR) is 92.8 cm³/mol. The van der Waals surface area contributed by atoms with Gasteiger partial charge in [0, 0.05) is 36.1 Å². The van der Waals surface area contributed by atoms with Crippen molar-refractivity contribution in [3.63, 3.8) is 0 Å². The van der Waals surface area contributed by atoms with E-state index < -0.39 is 11.9 Å². The molecular weight excluding hydrogens is 336 g/mol. The van der Waals surface area contributed by atoms with E-state index in [1.165, 1.54) is 23.2 Å². The van der Waals surface area contributed by atoms with Gasteiger partial charge in [-0.15, -0.1) is 0 Å². The second-order valence-electron chi connectivity index (χ2n) is 6.24. The second kappa shape index (κ2) is 7.13. The normalized spacial score (nSPS) is 25.1. The van der Waals surface area contributed by atoms with Crippen LogP contribution in [-0.2, 0) is 19.7 Å². The van der Waals surface area contributed by atoms with E-state index in [4.69, 9.17) is 14.9 Å². The number of rotatable bonds is 5. The van der Waals surface area contributed by atoms with Crippen molar-refractivity contribution in [2.24, 2.45) is 0 Å². The molecule has 0 aliphatic heterocycles. The fraction of sp³-hybridized carbons (Fsp3) is 0.316. The summed E-state index contributed by atoms with van der Waals surface area (Å²) in [6.07, 6.45) is 6.20. The quantitative estimate of drug-likeness (QED) is 0.710. The number of hydrogen-bond acceptors (Lipinski definition) is 4. The molecule has 0 saturated heterocycles. The van der Waals surface area contributed by atoms with Gasteiger partial charge in [-0.05, 0) is 30.4 Å². The molecule has 136 valence electrons. The third-order valence-corrected chi connectivity index (χ3v) is 4.83. The van der Waals surface area contributed by atoms with Crippen LogP contribution >= 0.6 is 0 Å². The fourth-order valence-electron chi connectivity index (χ4n) is 3.80. The molecule has 2 aliphatic carbocycles.